The number of para-hydroxylation sites is 1. The molecule has 0 spiro atoms. The Hall–Kier alpha value is -9.30. The molecule has 348 valence electrons. The van der Waals surface area contributed by atoms with E-state index >= 15 is 0 Å². The first-order valence-electron chi connectivity index (χ1n) is 25.8. The summed E-state index contributed by atoms with van der Waals surface area (Å²) in [6, 6.07) is 101. The number of benzene rings is 12. The molecular weight excluding hydrogens is 891 g/mol. The summed E-state index contributed by atoms with van der Waals surface area (Å²) >= 11 is 0. The Morgan fingerprint density at radius 1 is 0.243 bits per heavy atom. The normalized spacial score (nSPS) is 12.6. The minimum Gasteiger partial charge on any atom is -0.309 e. The lowest BCUT2D eigenvalue weighted by atomic mass is 9.76. The van der Waals surface area contributed by atoms with Crippen LogP contribution in [-0.2, 0) is 5.41 Å². The van der Waals surface area contributed by atoms with E-state index in [4.69, 9.17) is 0 Å². The third-order valence-electron chi connectivity index (χ3n) is 15.8. The van der Waals surface area contributed by atoms with Crippen LogP contribution in [0, 0.1) is 0 Å². The first kappa shape index (κ1) is 43.5. The van der Waals surface area contributed by atoms with Crippen LogP contribution < -0.4 is 4.90 Å². The molecule has 0 heterocycles. The van der Waals surface area contributed by atoms with Crippen molar-refractivity contribution in [3.63, 3.8) is 0 Å². The summed E-state index contributed by atoms with van der Waals surface area (Å²) in [6.45, 7) is 4.73. The zero-order valence-corrected chi connectivity index (χ0v) is 41.4. The van der Waals surface area contributed by atoms with E-state index < -0.39 is 0 Å². The van der Waals surface area contributed by atoms with Crippen molar-refractivity contribution in [3.8, 4) is 100 Å². The fourth-order valence-electron chi connectivity index (χ4n) is 12.6. The van der Waals surface area contributed by atoms with Crippen LogP contribution in [0.5, 0.6) is 0 Å². The Labute approximate surface area is 434 Å². The van der Waals surface area contributed by atoms with Gasteiger partial charge in [-0.1, -0.05) is 263 Å². The summed E-state index contributed by atoms with van der Waals surface area (Å²) in [5.41, 5.74) is 28.3. The number of nitrogens with zero attached hydrogens (tertiary/aromatic N) is 1. The van der Waals surface area contributed by atoms with E-state index in [0.717, 1.165) is 11.4 Å². The zero-order valence-electron chi connectivity index (χ0n) is 41.4. The molecule has 0 saturated carbocycles. The van der Waals surface area contributed by atoms with Crippen LogP contribution in [0.4, 0.5) is 17.1 Å². The summed E-state index contributed by atoms with van der Waals surface area (Å²) in [6.07, 6.45) is 0. The van der Waals surface area contributed by atoms with E-state index in [1.54, 1.807) is 0 Å². The Morgan fingerprint density at radius 2 is 0.635 bits per heavy atom. The van der Waals surface area contributed by atoms with Gasteiger partial charge < -0.3 is 4.90 Å². The number of hydrogen-bond acceptors (Lipinski definition) is 1. The maximum atomic E-state index is 2.50. The predicted molar refractivity (Wildman–Crippen MR) is 313 cm³/mol. The lowest BCUT2D eigenvalue weighted by molar-refractivity contribution is 0.660. The number of hydrogen-bond donors (Lipinski definition) is 0. The van der Waals surface area contributed by atoms with Crippen LogP contribution in [0.1, 0.15) is 25.0 Å². The summed E-state index contributed by atoms with van der Waals surface area (Å²) in [5.74, 6) is 0. The van der Waals surface area contributed by atoms with Gasteiger partial charge in [0.2, 0.25) is 0 Å². The van der Waals surface area contributed by atoms with Gasteiger partial charge in [0.1, 0.15) is 0 Å². The van der Waals surface area contributed by atoms with Gasteiger partial charge in [-0.05, 0) is 135 Å². The lowest BCUT2D eigenvalue weighted by Crippen LogP contribution is -2.16. The summed E-state index contributed by atoms with van der Waals surface area (Å²) < 4.78 is 0. The van der Waals surface area contributed by atoms with E-state index in [9.17, 15) is 0 Å². The molecule has 0 radical (unpaired) electrons. The highest BCUT2D eigenvalue weighted by Crippen LogP contribution is 2.62. The maximum Gasteiger partial charge on any atom is 0.0543 e. The molecule has 0 fully saturated rings. The quantitative estimate of drug-likeness (QED) is 0.139. The third-order valence-corrected chi connectivity index (χ3v) is 15.8. The third kappa shape index (κ3) is 6.78. The average molecular weight is 942 g/mol. The number of rotatable bonds is 9. The van der Waals surface area contributed by atoms with Gasteiger partial charge in [-0.15, -0.1) is 0 Å². The molecule has 0 unspecified atom stereocenters. The first-order chi connectivity index (χ1) is 36.5. The molecule has 1 nitrogen and oxygen atoms in total. The van der Waals surface area contributed by atoms with E-state index in [1.807, 2.05) is 0 Å². The highest BCUT2D eigenvalue weighted by atomic mass is 15.1. The van der Waals surface area contributed by atoms with Gasteiger partial charge in [0.25, 0.3) is 0 Å². The van der Waals surface area contributed by atoms with E-state index in [1.165, 1.54) is 128 Å². The molecule has 12 aromatic rings. The van der Waals surface area contributed by atoms with Crippen LogP contribution in [0.3, 0.4) is 0 Å². The van der Waals surface area contributed by atoms with Gasteiger partial charge >= 0.3 is 0 Å². The summed E-state index contributed by atoms with van der Waals surface area (Å²) in [7, 11) is 0. The molecule has 1 heteroatoms. The molecule has 0 N–H and O–H groups in total. The van der Waals surface area contributed by atoms with Crippen LogP contribution in [-0.4, -0.2) is 0 Å². The standard InChI is InChI=1S/C73H51N/c1-73(2)61-38-20-18-35-58(61)70-62(73)39-23-41-64(70)74(63-40-21-19-34-56(63)48-24-8-3-9-25-48)54-44-42-49(43-45-54)55-46-47-60-69-57(55)36-22-37-59(69)71-67(52-30-14-6-15-31-52)65(50-26-10-4-11-27-50)66(51-28-12-5-13-29-51)68(72(60)71)53-32-16-7-17-33-53/h3-47H,1-2H3. The molecule has 0 aliphatic heterocycles. The van der Waals surface area contributed by atoms with Crippen LogP contribution >= 0.6 is 0 Å². The van der Waals surface area contributed by atoms with Gasteiger partial charge in [-0.25, -0.2) is 0 Å². The van der Waals surface area contributed by atoms with E-state index in [-0.39, 0.29) is 5.41 Å². The average Bonchev–Trinajstić information content (AvgIpc) is 3.93. The van der Waals surface area contributed by atoms with Crippen molar-refractivity contribution in [1.29, 1.82) is 0 Å². The fourth-order valence-corrected chi connectivity index (χ4v) is 12.6. The smallest absolute Gasteiger partial charge is 0.0543 e. The van der Waals surface area contributed by atoms with Crippen LogP contribution in [0.2, 0.25) is 0 Å². The molecule has 0 amide bonds. The fraction of sp³-hybridized carbons (Fsp3) is 0.0411. The Balaban J connectivity index is 0.996. The van der Waals surface area contributed by atoms with Crippen LogP contribution in [0.15, 0.2) is 273 Å². The Bertz CT molecular complexity index is 3980. The molecule has 12 aromatic carbocycles. The Morgan fingerprint density at radius 3 is 1.20 bits per heavy atom. The van der Waals surface area contributed by atoms with E-state index in [0.29, 0.717) is 0 Å². The van der Waals surface area contributed by atoms with Crippen LogP contribution in [0.25, 0.3) is 111 Å². The van der Waals surface area contributed by atoms with Crippen molar-refractivity contribution in [3.05, 3.63) is 284 Å². The molecule has 14 rings (SSSR count). The summed E-state index contributed by atoms with van der Waals surface area (Å²) in [4.78, 5) is 2.50. The molecule has 2 aliphatic rings. The number of anilines is 3. The molecule has 0 aromatic heterocycles. The SMILES string of the molecule is CC1(C)c2ccccc2-c2c(N(c3ccc(-c4ccc5c6c(cccc46)-c4c(-c6ccccc6)c(-c6ccccc6)c(-c6ccccc6)c(-c6ccccc6)c4-5)cc3)c3ccccc3-c3ccccc3)cccc21. The highest BCUT2D eigenvalue weighted by Gasteiger charge is 2.38. The van der Waals surface area contributed by atoms with Gasteiger partial charge in [0.15, 0.2) is 0 Å². The second-order valence-electron chi connectivity index (χ2n) is 20.2. The van der Waals surface area contributed by atoms with Crippen molar-refractivity contribution in [1.82, 2.24) is 0 Å². The molecule has 2 aliphatic carbocycles. The predicted octanol–water partition coefficient (Wildman–Crippen LogP) is 20.3. The van der Waals surface area contributed by atoms with Crippen molar-refractivity contribution >= 4 is 27.8 Å². The topological polar surface area (TPSA) is 3.24 Å². The monoisotopic (exact) mass is 941 g/mol. The maximum absolute atomic E-state index is 2.50. The van der Waals surface area contributed by atoms with Crippen molar-refractivity contribution < 1.29 is 0 Å². The minimum atomic E-state index is -0.137. The first-order valence-corrected chi connectivity index (χ1v) is 25.8. The van der Waals surface area contributed by atoms with Crippen molar-refractivity contribution in [2.45, 2.75) is 19.3 Å². The molecule has 0 saturated heterocycles. The highest BCUT2D eigenvalue weighted by molar-refractivity contribution is 6.27. The zero-order chi connectivity index (χ0) is 49.3. The van der Waals surface area contributed by atoms with Crippen molar-refractivity contribution in [2.75, 3.05) is 4.90 Å². The Kier molecular flexibility index (Phi) is 10.3. The minimum absolute atomic E-state index is 0.137. The second kappa shape index (κ2) is 17.5. The molecule has 74 heavy (non-hydrogen) atoms. The largest absolute Gasteiger partial charge is 0.309 e. The van der Waals surface area contributed by atoms with Gasteiger partial charge in [0, 0.05) is 22.2 Å². The second-order valence-corrected chi connectivity index (χ2v) is 20.2. The van der Waals surface area contributed by atoms with Gasteiger partial charge in [-0.2, -0.15) is 0 Å². The molecule has 0 atom stereocenters. The summed E-state index contributed by atoms with van der Waals surface area (Å²) in [5, 5.41) is 2.54. The van der Waals surface area contributed by atoms with E-state index in [2.05, 4.69) is 292 Å². The van der Waals surface area contributed by atoms with Gasteiger partial charge in [0.05, 0.1) is 11.4 Å². The number of fused-ring (bicyclic) bond motifs is 6. The van der Waals surface area contributed by atoms with Gasteiger partial charge in [-0.3, -0.25) is 0 Å². The molecule has 0 bridgehead atoms. The molecular formula is C73H51N. The van der Waals surface area contributed by atoms with Crippen molar-refractivity contribution in [2.24, 2.45) is 0 Å². The lowest BCUT2D eigenvalue weighted by Gasteiger charge is -2.30.